The molecule has 0 fully saturated rings. The van der Waals surface area contributed by atoms with E-state index in [0.717, 1.165) is 22.7 Å². The standard InChI is InChI=1S/C24H30N2O5S/c1-3-4-17-21(22(24(28)29)18-11-14-19-12-7-5-8-13-19)23(27)25-26(32(2,30)31)20-15-9-6-10-16-20/h5-16,21-22H,3-4,17-18H2,1-2H3,(H,25,27)(H,28,29)/b14-11+/t21-,22+/m1/s1. The van der Waals surface area contributed by atoms with Crippen LogP contribution in [0.4, 0.5) is 5.69 Å². The molecule has 0 saturated heterocycles. The number of amides is 1. The summed E-state index contributed by atoms with van der Waals surface area (Å²) in [6.45, 7) is 1.95. The van der Waals surface area contributed by atoms with E-state index in [9.17, 15) is 23.1 Å². The quantitative estimate of drug-likeness (QED) is 0.466. The van der Waals surface area contributed by atoms with E-state index in [1.807, 2.05) is 43.3 Å². The molecule has 0 bridgehead atoms. The number of allylic oxidation sites excluding steroid dienone is 1. The lowest BCUT2D eigenvalue weighted by molar-refractivity contribution is -0.147. The molecule has 0 aromatic heterocycles. The maximum absolute atomic E-state index is 13.2. The van der Waals surface area contributed by atoms with Crippen LogP contribution in [-0.4, -0.2) is 31.7 Å². The van der Waals surface area contributed by atoms with Crippen LogP contribution in [0.3, 0.4) is 0 Å². The van der Waals surface area contributed by atoms with Crippen LogP contribution in [-0.2, 0) is 19.6 Å². The molecule has 2 rings (SSSR count). The van der Waals surface area contributed by atoms with Crippen molar-refractivity contribution in [1.29, 1.82) is 0 Å². The minimum Gasteiger partial charge on any atom is -0.481 e. The highest BCUT2D eigenvalue weighted by Gasteiger charge is 2.34. The highest BCUT2D eigenvalue weighted by molar-refractivity contribution is 7.92. The Balaban J connectivity index is 2.26. The van der Waals surface area contributed by atoms with Crippen LogP contribution in [0.15, 0.2) is 66.7 Å². The molecule has 0 aliphatic rings. The number of carbonyl (C=O) groups excluding carboxylic acids is 1. The Labute approximate surface area is 189 Å². The van der Waals surface area contributed by atoms with Gasteiger partial charge >= 0.3 is 5.97 Å². The molecule has 2 aromatic rings. The third-order valence-electron chi connectivity index (χ3n) is 5.04. The maximum Gasteiger partial charge on any atom is 0.307 e. The number of carboxylic acid groups (broad SMARTS) is 1. The van der Waals surface area contributed by atoms with Crippen molar-refractivity contribution < 1.29 is 23.1 Å². The van der Waals surface area contributed by atoms with Gasteiger partial charge in [0.25, 0.3) is 0 Å². The molecule has 0 heterocycles. The minimum atomic E-state index is -3.83. The summed E-state index contributed by atoms with van der Waals surface area (Å²) in [6, 6.07) is 17.6. The first-order chi connectivity index (χ1) is 15.2. The normalized spacial score (nSPS) is 13.4. The van der Waals surface area contributed by atoms with Crippen molar-refractivity contribution >= 4 is 33.7 Å². The van der Waals surface area contributed by atoms with Gasteiger partial charge in [-0.2, -0.15) is 4.41 Å². The first-order valence-corrected chi connectivity index (χ1v) is 12.4. The van der Waals surface area contributed by atoms with E-state index in [2.05, 4.69) is 5.43 Å². The molecule has 32 heavy (non-hydrogen) atoms. The van der Waals surface area contributed by atoms with Gasteiger partial charge in [0.05, 0.1) is 23.8 Å². The van der Waals surface area contributed by atoms with E-state index in [1.165, 1.54) is 0 Å². The van der Waals surface area contributed by atoms with E-state index < -0.39 is 33.7 Å². The number of unbranched alkanes of at least 4 members (excludes halogenated alkanes) is 1. The molecule has 0 unspecified atom stereocenters. The van der Waals surface area contributed by atoms with Crippen LogP contribution < -0.4 is 9.84 Å². The topological polar surface area (TPSA) is 104 Å². The van der Waals surface area contributed by atoms with E-state index >= 15 is 0 Å². The fourth-order valence-electron chi connectivity index (χ4n) is 3.38. The predicted octanol–water partition coefficient (Wildman–Crippen LogP) is 4.09. The van der Waals surface area contributed by atoms with Crippen LogP contribution in [0.1, 0.15) is 38.2 Å². The fraction of sp³-hybridized carbons (Fsp3) is 0.333. The highest BCUT2D eigenvalue weighted by atomic mass is 32.2. The number of hydrazine groups is 1. The van der Waals surface area contributed by atoms with Gasteiger partial charge < -0.3 is 5.11 Å². The molecule has 0 radical (unpaired) electrons. The van der Waals surface area contributed by atoms with Crippen LogP contribution >= 0.6 is 0 Å². The Morgan fingerprint density at radius 1 is 1.03 bits per heavy atom. The van der Waals surface area contributed by atoms with Gasteiger partial charge in [0.1, 0.15) is 0 Å². The molecule has 0 aliphatic heterocycles. The third kappa shape index (κ3) is 7.53. The number of aliphatic carboxylic acids is 1. The maximum atomic E-state index is 13.2. The highest BCUT2D eigenvalue weighted by Crippen LogP contribution is 2.25. The minimum absolute atomic E-state index is 0.149. The summed E-state index contributed by atoms with van der Waals surface area (Å²) in [6.07, 6.45) is 6.46. The zero-order valence-corrected chi connectivity index (χ0v) is 19.2. The second-order valence-electron chi connectivity index (χ2n) is 7.58. The molecule has 0 saturated carbocycles. The first-order valence-electron chi connectivity index (χ1n) is 10.5. The van der Waals surface area contributed by atoms with Gasteiger partial charge in [-0.3, -0.25) is 15.0 Å². The van der Waals surface area contributed by atoms with Gasteiger partial charge in [0.15, 0.2) is 0 Å². The first kappa shape index (κ1) is 25.1. The number of nitrogens with zero attached hydrogens (tertiary/aromatic N) is 1. The van der Waals surface area contributed by atoms with Crippen LogP contribution in [0.25, 0.3) is 6.08 Å². The Morgan fingerprint density at radius 3 is 2.16 bits per heavy atom. The van der Waals surface area contributed by atoms with E-state index in [-0.39, 0.29) is 12.1 Å². The molecule has 2 aromatic carbocycles. The van der Waals surface area contributed by atoms with Crippen LogP contribution in [0.2, 0.25) is 0 Å². The van der Waals surface area contributed by atoms with E-state index in [1.54, 1.807) is 36.4 Å². The number of rotatable bonds is 12. The monoisotopic (exact) mass is 458 g/mol. The SMILES string of the molecule is CCCC[C@@H](C(=O)NN(c1ccccc1)S(C)(=O)=O)[C@H](C/C=C/c1ccccc1)C(=O)O. The van der Waals surface area contributed by atoms with Crippen molar-refractivity contribution in [2.75, 3.05) is 10.7 Å². The Kier molecular flexibility index (Phi) is 9.46. The third-order valence-corrected chi connectivity index (χ3v) is 6.01. The summed E-state index contributed by atoms with van der Waals surface area (Å²) in [5, 5.41) is 9.85. The van der Waals surface area contributed by atoms with Gasteiger partial charge in [-0.1, -0.05) is 80.4 Å². The van der Waals surface area contributed by atoms with Crippen molar-refractivity contribution in [2.45, 2.75) is 32.6 Å². The lowest BCUT2D eigenvalue weighted by atomic mass is 9.84. The molecule has 0 spiro atoms. The van der Waals surface area contributed by atoms with Gasteiger partial charge in [-0.05, 0) is 30.5 Å². The molecular formula is C24H30N2O5S. The van der Waals surface area contributed by atoms with Gasteiger partial charge in [0.2, 0.25) is 15.9 Å². The molecule has 0 aliphatic carbocycles. The number of hydrogen-bond donors (Lipinski definition) is 2. The lowest BCUT2D eigenvalue weighted by Crippen LogP contribution is -2.50. The van der Waals surface area contributed by atoms with Crippen molar-refractivity contribution in [1.82, 2.24) is 5.43 Å². The number of nitrogens with one attached hydrogen (secondary N) is 1. The summed E-state index contributed by atoms with van der Waals surface area (Å²) in [4.78, 5) is 25.2. The molecule has 172 valence electrons. The van der Waals surface area contributed by atoms with Crippen molar-refractivity contribution in [3.63, 3.8) is 0 Å². The average Bonchev–Trinajstić information content (AvgIpc) is 2.76. The van der Waals surface area contributed by atoms with E-state index in [4.69, 9.17) is 0 Å². The molecular weight excluding hydrogens is 428 g/mol. The predicted molar refractivity (Wildman–Crippen MR) is 126 cm³/mol. The Bertz CT molecular complexity index is 1010. The zero-order valence-electron chi connectivity index (χ0n) is 18.3. The van der Waals surface area contributed by atoms with Crippen molar-refractivity contribution in [3.05, 3.63) is 72.3 Å². The molecule has 8 heteroatoms. The smallest absolute Gasteiger partial charge is 0.307 e. The molecule has 1 amide bonds. The fourth-order valence-corrected chi connectivity index (χ4v) is 4.14. The van der Waals surface area contributed by atoms with Crippen molar-refractivity contribution in [3.8, 4) is 0 Å². The van der Waals surface area contributed by atoms with Crippen LogP contribution in [0.5, 0.6) is 0 Å². The number of carboxylic acids is 1. The van der Waals surface area contributed by atoms with Crippen LogP contribution in [0, 0.1) is 11.8 Å². The zero-order chi connectivity index (χ0) is 23.6. The van der Waals surface area contributed by atoms with Gasteiger partial charge in [-0.15, -0.1) is 0 Å². The molecule has 2 N–H and O–H groups in total. The second-order valence-corrected chi connectivity index (χ2v) is 9.41. The summed E-state index contributed by atoms with van der Waals surface area (Å²) in [5.74, 6) is -3.60. The number of anilines is 1. The second kappa shape index (κ2) is 12.0. The molecule has 7 nitrogen and oxygen atoms in total. The van der Waals surface area contributed by atoms with Crippen molar-refractivity contribution in [2.24, 2.45) is 11.8 Å². The Morgan fingerprint density at radius 2 is 1.62 bits per heavy atom. The lowest BCUT2D eigenvalue weighted by Gasteiger charge is -2.28. The molecule has 2 atom stereocenters. The summed E-state index contributed by atoms with van der Waals surface area (Å²) >= 11 is 0. The Hall–Kier alpha value is -3.13. The van der Waals surface area contributed by atoms with E-state index in [0.29, 0.717) is 12.8 Å². The van der Waals surface area contributed by atoms with Gasteiger partial charge in [0, 0.05) is 0 Å². The average molecular weight is 459 g/mol. The number of hydrogen-bond acceptors (Lipinski definition) is 4. The number of sulfonamides is 1. The number of benzene rings is 2. The summed E-state index contributed by atoms with van der Waals surface area (Å²) < 4.78 is 25.4. The number of para-hydroxylation sites is 1. The van der Waals surface area contributed by atoms with Gasteiger partial charge in [-0.25, -0.2) is 8.42 Å². The summed E-state index contributed by atoms with van der Waals surface area (Å²) in [7, 11) is -3.83. The number of carbonyl (C=O) groups is 2. The largest absolute Gasteiger partial charge is 0.481 e. The summed E-state index contributed by atoms with van der Waals surface area (Å²) in [5.41, 5.74) is 3.65.